The molecule has 3 aromatic rings. The maximum Gasteiger partial charge on any atom is 0.354 e. The van der Waals surface area contributed by atoms with E-state index < -0.39 is 21.8 Å². The van der Waals surface area contributed by atoms with Gasteiger partial charge in [-0.3, -0.25) is 4.98 Å². The Morgan fingerprint density at radius 3 is 2.94 bits per heavy atom. The first-order valence-electron chi connectivity index (χ1n) is 10.8. The Balaban J connectivity index is 1.50. The van der Waals surface area contributed by atoms with Gasteiger partial charge in [-0.15, -0.1) is 4.36 Å². The van der Waals surface area contributed by atoms with Gasteiger partial charge in [-0.1, -0.05) is 12.1 Å². The number of anilines is 1. The number of nitrogens with one attached hydrogen (secondary N) is 2. The predicted octanol–water partition coefficient (Wildman–Crippen LogP) is 2.49. The van der Waals surface area contributed by atoms with Gasteiger partial charge in [0.25, 0.3) is 0 Å². The smallest absolute Gasteiger partial charge is 0.354 e. The van der Waals surface area contributed by atoms with E-state index in [0.29, 0.717) is 30.0 Å². The standard InChI is InChI=1S/C22H24FN7O3S/c1-25-14-11-30-21(33-12-14)19(10-27-30)34(24,32)29-22(31)28-20-15-4-2-3-13(15)5-6-17(20)16-7-8-26-9-18(16)23/h5-10,14,25H,2-4,11-12H2,1H3,(H3,24,28,29,31,32). The van der Waals surface area contributed by atoms with Gasteiger partial charge in [-0.2, -0.15) is 5.10 Å². The van der Waals surface area contributed by atoms with E-state index in [4.69, 9.17) is 9.88 Å². The second kappa shape index (κ2) is 8.78. The molecule has 2 amide bonds. The number of aryl methyl sites for hydroxylation is 1. The minimum atomic E-state index is -3.65. The monoisotopic (exact) mass is 485 g/mol. The Hall–Kier alpha value is -3.35. The number of nitrogens with zero attached hydrogens (tertiary/aromatic N) is 4. The summed E-state index contributed by atoms with van der Waals surface area (Å²) < 4.78 is 38.8. The normalized spacial score (nSPS) is 18.4. The number of hydrogen-bond acceptors (Lipinski definition) is 6. The van der Waals surface area contributed by atoms with Crippen LogP contribution in [-0.4, -0.2) is 44.7 Å². The van der Waals surface area contributed by atoms with Gasteiger partial charge in [0.1, 0.15) is 17.3 Å². The number of carbonyl (C=O) groups excluding carboxylic acids is 1. The molecule has 178 valence electrons. The van der Waals surface area contributed by atoms with E-state index >= 15 is 0 Å². The number of aromatic nitrogens is 3. The maximum absolute atomic E-state index is 14.5. The molecule has 0 bridgehead atoms. The van der Waals surface area contributed by atoms with E-state index in [1.54, 1.807) is 12.1 Å². The molecule has 0 saturated heterocycles. The number of fused-ring (bicyclic) bond motifs is 2. The number of ether oxygens (including phenoxy) is 1. The summed E-state index contributed by atoms with van der Waals surface area (Å²) in [5.41, 5.74) is 3.21. The summed E-state index contributed by atoms with van der Waals surface area (Å²) in [4.78, 5) is 16.8. The van der Waals surface area contributed by atoms with Crippen molar-refractivity contribution in [2.24, 2.45) is 9.50 Å². The molecule has 1 aliphatic heterocycles. The Bertz CT molecular complexity index is 1400. The molecule has 2 aromatic heterocycles. The molecule has 1 aliphatic carbocycles. The number of rotatable bonds is 4. The number of amides is 2. The zero-order valence-electron chi connectivity index (χ0n) is 18.5. The lowest BCUT2D eigenvalue weighted by Crippen LogP contribution is -2.40. The van der Waals surface area contributed by atoms with Crippen LogP contribution in [0.5, 0.6) is 5.88 Å². The average molecular weight is 486 g/mol. The summed E-state index contributed by atoms with van der Waals surface area (Å²) in [6.07, 6.45) is 6.41. The van der Waals surface area contributed by atoms with Crippen molar-refractivity contribution in [2.75, 3.05) is 19.0 Å². The minimum absolute atomic E-state index is 0.0430. The fourth-order valence-electron chi connectivity index (χ4n) is 4.38. The summed E-state index contributed by atoms with van der Waals surface area (Å²) in [6.45, 7) is 0.846. The van der Waals surface area contributed by atoms with Crippen molar-refractivity contribution in [1.82, 2.24) is 20.1 Å². The Kier molecular flexibility index (Phi) is 5.80. The number of pyridine rings is 1. The number of halogens is 1. The number of urea groups is 1. The molecule has 0 spiro atoms. The first kappa shape index (κ1) is 22.4. The molecule has 0 fully saturated rings. The summed E-state index contributed by atoms with van der Waals surface area (Å²) >= 11 is 0. The maximum atomic E-state index is 14.5. The van der Waals surface area contributed by atoms with Gasteiger partial charge in [-0.05, 0) is 43.5 Å². The van der Waals surface area contributed by atoms with Crippen LogP contribution in [0.25, 0.3) is 11.1 Å². The van der Waals surface area contributed by atoms with Crippen LogP contribution in [0.4, 0.5) is 14.9 Å². The summed E-state index contributed by atoms with van der Waals surface area (Å²) in [6, 6.07) is 4.39. The molecule has 3 heterocycles. The zero-order chi connectivity index (χ0) is 23.9. The Morgan fingerprint density at radius 2 is 2.15 bits per heavy atom. The van der Waals surface area contributed by atoms with Crippen LogP contribution in [-0.2, 0) is 29.3 Å². The van der Waals surface area contributed by atoms with Crippen molar-refractivity contribution < 1.29 is 18.1 Å². The number of likely N-dealkylation sites (N-methyl/N-ethyl adjacent to an activating group) is 1. The summed E-state index contributed by atoms with van der Waals surface area (Å²) in [5, 5.41) is 16.0. The third-order valence-electron chi connectivity index (χ3n) is 6.09. The third kappa shape index (κ3) is 4.04. The lowest BCUT2D eigenvalue weighted by Gasteiger charge is -2.24. The third-order valence-corrected chi connectivity index (χ3v) is 7.44. The number of benzene rings is 1. The van der Waals surface area contributed by atoms with Crippen molar-refractivity contribution in [3.63, 3.8) is 0 Å². The van der Waals surface area contributed by atoms with E-state index in [1.807, 2.05) is 13.1 Å². The Morgan fingerprint density at radius 1 is 1.29 bits per heavy atom. The molecule has 10 nitrogen and oxygen atoms in total. The molecule has 2 atom stereocenters. The summed E-state index contributed by atoms with van der Waals surface area (Å²) in [5.74, 6) is -0.283. The molecule has 5 rings (SSSR count). The van der Waals surface area contributed by atoms with Crippen LogP contribution in [0.3, 0.4) is 0 Å². The Labute approximate surface area is 196 Å². The molecule has 0 radical (unpaired) electrons. The van der Waals surface area contributed by atoms with E-state index in [0.717, 1.165) is 36.6 Å². The van der Waals surface area contributed by atoms with Gasteiger partial charge in [0.2, 0.25) is 5.88 Å². The second-order valence-corrected chi connectivity index (χ2v) is 9.98. The average Bonchev–Trinajstić information content (AvgIpc) is 3.46. The molecule has 4 N–H and O–H groups in total. The lowest BCUT2D eigenvalue weighted by molar-refractivity contribution is 0.184. The van der Waals surface area contributed by atoms with E-state index in [1.165, 1.54) is 17.1 Å². The van der Waals surface area contributed by atoms with Gasteiger partial charge in [-0.25, -0.2) is 23.2 Å². The van der Waals surface area contributed by atoms with Crippen molar-refractivity contribution in [2.45, 2.75) is 36.7 Å². The molecule has 2 unspecified atom stereocenters. The second-order valence-electron chi connectivity index (χ2n) is 8.22. The fourth-order valence-corrected chi connectivity index (χ4v) is 5.38. The van der Waals surface area contributed by atoms with Gasteiger partial charge in [0.05, 0.1) is 30.7 Å². The van der Waals surface area contributed by atoms with Gasteiger partial charge >= 0.3 is 6.03 Å². The van der Waals surface area contributed by atoms with Crippen LogP contribution in [0.1, 0.15) is 17.5 Å². The van der Waals surface area contributed by atoms with E-state index in [9.17, 15) is 13.4 Å². The molecular weight excluding hydrogens is 461 g/mol. The quantitative estimate of drug-likeness (QED) is 0.519. The molecule has 1 aromatic carbocycles. The fraction of sp³-hybridized carbons (Fsp3) is 0.318. The van der Waals surface area contributed by atoms with Crippen molar-refractivity contribution in [3.05, 3.63) is 53.7 Å². The minimum Gasteiger partial charge on any atom is -0.475 e. The molecule has 2 aliphatic rings. The first-order chi connectivity index (χ1) is 16.4. The highest BCUT2D eigenvalue weighted by molar-refractivity contribution is 7.91. The van der Waals surface area contributed by atoms with Gasteiger partial charge in [0, 0.05) is 17.3 Å². The van der Waals surface area contributed by atoms with E-state index in [2.05, 4.69) is 25.1 Å². The van der Waals surface area contributed by atoms with Crippen LogP contribution < -0.4 is 20.5 Å². The number of carbonyl (C=O) groups is 1. The molecular formula is C22H24FN7O3S. The highest BCUT2D eigenvalue weighted by Crippen LogP contribution is 2.38. The van der Waals surface area contributed by atoms with Gasteiger partial charge < -0.3 is 15.4 Å². The van der Waals surface area contributed by atoms with Crippen LogP contribution in [0, 0.1) is 5.82 Å². The lowest BCUT2D eigenvalue weighted by atomic mass is 9.97. The number of hydrogen-bond donors (Lipinski definition) is 3. The highest BCUT2D eigenvalue weighted by Gasteiger charge is 2.28. The predicted molar refractivity (Wildman–Crippen MR) is 124 cm³/mol. The molecule has 0 saturated carbocycles. The van der Waals surface area contributed by atoms with Crippen LogP contribution >= 0.6 is 0 Å². The highest BCUT2D eigenvalue weighted by atomic mass is 32.2. The number of nitrogens with two attached hydrogens (primary N) is 1. The molecule has 12 heteroatoms. The van der Waals surface area contributed by atoms with Crippen molar-refractivity contribution >= 4 is 21.6 Å². The van der Waals surface area contributed by atoms with Gasteiger partial charge in [0.15, 0.2) is 9.92 Å². The zero-order valence-corrected chi connectivity index (χ0v) is 19.3. The molecule has 34 heavy (non-hydrogen) atoms. The van der Waals surface area contributed by atoms with Crippen molar-refractivity contribution in [1.29, 1.82) is 0 Å². The topological polar surface area (TPSA) is 137 Å². The van der Waals surface area contributed by atoms with Crippen LogP contribution in [0.2, 0.25) is 0 Å². The first-order valence-corrected chi connectivity index (χ1v) is 12.4. The largest absolute Gasteiger partial charge is 0.475 e. The summed E-state index contributed by atoms with van der Waals surface area (Å²) in [7, 11) is -1.84. The SMILES string of the molecule is CNC1COc2c(S(N)(=O)=NC(=O)Nc3c(-c4ccncc4F)ccc4c3CCC4)cnn2C1. The van der Waals surface area contributed by atoms with Crippen molar-refractivity contribution in [3.8, 4) is 17.0 Å². The van der Waals surface area contributed by atoms with E-state index in [-0.39, 0.29) is 16.8 Å². The van der Waals surface area contributed by atoms with Crippen LogP contribution in [0.15, 0.2) is 46.0 Å².